The molecule has 1 heterocycles. The van der Waals surface area contributed by atoms with Gasteiger partial charge in [0, 0.05) is 43.4 Å². The highest BCUT2D eigenvalue weighted by Gasteiger charge is 2.16. The van der Waals surface area contributed by atoms with Gasteiger partial charge in [0.25, 0.3) is 0 Å². The van der Waals surface area contributed by atoms with Crippen molar-refractivity contribution < 1.29 is 9.59 Å². The molecule has 0 atom stereocenters. The van der Waals surface area contributed by atoms with Crippen molar-refractivity contribution in [1.82, 2.24) is 15.1 Å². The minimum atomic E-state index is -0.205. The number of nitrogens with one attached hydrogen (secondary N) is 1. The van der Waals surface area contributed by atoms with Crippen molar-refractivity contribution in [3.63, 3.8) is 0 Å². The lowest BCUT2D eigenvalue weighted by Crippen LogP contribution is -2.33. The summed E-state index contributed by atoms with van der Waals surface area (Å²) in [5.41, 5.74) is 2.55. The summed E-state index contributed by atoms with van der Waals surface area (Å²) in [5.74, 6) is -0.382. The number of nitrogens with zero attached hydrogens (tertiary/aromatic N) is 4. The summed E-state index contributed by atoms with van der Waals surface area (Å²) in [7, 11) is 0. The first-order valence-corrected chi connectivity index (χ1v) is 9.75. The van der Waals surface area contributed by atoms with Crippen LogP contribution in [0.4, 0.5) is 5.69 Å². The van der Waals surface area contributed by atoms with Crippen LogP contribution in [0.5, 0.6) is 0 Å². The van der Waals surface area contributed by atoms with Gasteiger partial charge in [-0.15, -0.1) is 0 Å². The summed E-state index contributed by atoms with van der Waals surface area (Å²) in [6.07, 6.45) is 3.96. The van der Waals surface area contributed by atoms with Crippen LogP contribution in [0.25, 0.3) is 5.69 Å². The molecule has 3 aromatic rings. The molecule has 0 saturated carbocycles. The zero-order chi connectivity index (χ0) is 21.2. The fraction of sp³-hybridized carbons (Fsp3) is 0.217. The second-order valence-electron chi connectivity index (χ2n) is 6.69. The molecule has 152 valence electrons. The highest BCUT2D eigenvalue weighted by atomic mass is 16.2. The third-order valence-corrected chi connectivity index (χ3v) is 4.53. The number of anilines is 1. The van der Waals surface area contributed by atoms with E-state index in [1.165, 1.54) is 0 Å². The van der Waals surface area contributed by atoms with Crippen LogP contribution in [-0.2, 0) is 16.1 Å². The van der Waals surface area contributed by atoms with Crippen LogP contribution in [0, 0.1) is 11.3 Å². The molecule has 2 aromatic carbocycles. The second-order valence-corrected chi connectivity index (χ2v) is 6.69. The minimum Gasteiger partial charge on any atom is -0.352 e. The normalized spacial score (nSPS) is 10.2. The molecule has 0 spiro atoms. The molecule has 0 aliphatic carbocycles. The first-order chi connectivity index (χ1) is 14.7. The summed E-state index contributed by atoms with van der Waals surface area (Å²) >= 11 is 0. The molecular weight excluding hydrogens is 378 g/mol. The van der Waals surface area contributed by atoms with Gasteiger partial charge in [0.15, 0.2) is 0 Å². The molecule has 7 heteroatoms. The molecule has 30 heavy (non-hydrogen) atoms. The first-order valence-electron chi connectivity index (χ1n) is 9.75. The number of rotatable bonds is 9. The molecule has 0 bridgehead atoms. The van der Waals surface area contributed by atoms with Gasteiger partial charge in [0.2, 0.25) is 11.8 Å². The van der Waals surface area contributed by atoms with E-state index in [1.807, 2.05) is 66.9 Å². The number of nitriles is 1. The molecule has 0 aliphatic rings. The average molecular weight is 401 g/mol. The Morgan fingerprint density at radius 1 is 1.03 bits per heavy atom. The van der Waals surface area contributed by atoms with E-state index < -0.39 is 0 Å². The van der Waals surface area contributed by atoms with Gasteiger partial charge in [-0.25, -0.2) is 4.68 Å². The van der Waals surface area contributed by atoms with Crippen molar-refractivity contribution in [1.29, 1.82) is 5.26 Å². The minimum absolute atomic E-state index is 0.0788. The molecule has 2 amide bonds. The highest BCUT2D eigenvalue weighted by molar-refractivity contribution is 5.95. The largest absolute Gasteiger partial charge is 0.352 e. The zero-order valence-electron chi connectivity index (χ0n) is 16.6. The van der Waals surface area contributed by atoms with Gasteiger partial charge >= 0.3 is 0 Å². The number of benzene rings is 2. The number of hydrogen-bond donors (Lipinski definition) is 1. The maximum Gasteiger partial charge on any atom is 0.227 e. The molecule has 0 radical (unpaired) electrons. The van der Waals surface area contributed by atoms with E-state index in [1.54, 1.807) is 15.8 Å². The highest BCUT2D eigenvalue weighted by Crippen LogP contribution is 2.15. The van der Waals surface area contributed by atoms with Crippen molar-refractivity contribution in [2.75, 3.05) is 11.4 Å². The standard InChI is InChI=1S/C23H23N5O2/c24-14-7-15-27(20-8-3-1-4-9-20)23(30)13-12-22(29)25-16-19-17-26-28(18-19)21-10-5-2-6-11-21/h1-6,8-11,17-18H,7,12-13,15-16H2,(H,25,29). The van der Waals surface area contributed by atoms with E-state index in [0.29, 0.717) is 13.1 Å². The van der Waals surface area contributed by atoms with Crippen LogP contribution in [0.2, 0.25) is 0 Å². The molecule has 0 saturated heterocycles. The van der Waals surface area contributed by atoms with Gasteiger partial charge in [-0.1, -0.05) is 36.4 Å². The Morgan fingerprint density at radius 3 is 2.43 bits per heavy atom. The fourth-order valence-electron chi connectivity index (χ4n) is 2.99. The Kier molecular flexibility index (Phi) is 7.34. The predicted octanol–water partition coefficient (Wildman–Crippen LogP) is 3.22. The van der Waals surface area contributed by atoms with Crippen molar-refractivity contribution in [3.05, 3.63) is 78.6 Å². The number of carbonyl (C=O) groups is 2. The maximum absolute atomic E-state index is 12.6. The Labute approximate surface area is 175 Å². The Morgan fingerprint density at radius 2 is 1.73 bits per heavy atom. The monoisotopic (exact) mass is 401 g/mol. The molecule has 0 aliphatic heterocycles. The Hall–Kier alpha value is -3.92. The van der Waals surface area contributed by atoms with Crippen LogP contribution >= 0.6 is 0 Å². The quantitative estimate of drug-likeness (QED) is 0.596. The topological polar surface area (TPSA) is 91.0 Å². The molecule has 0 unspecified atom stereocenters. The second kappa shape index (κ2) is 10.6. The van der Waals surface area contributed by atoms with Gasteiger partial charge in [-0.3, -0.25) is 9.59 Å². The molecule has 0 fully saturated rings. The Bertz CT molecular complexity index is 1010. The van der Waals surface area contributed by atoms with Gasteiger partial charge in [0.05, 0.1) is 24.4 Å². The van der Waals surface area contributed by atoms with E-state index in [-0.39, 0.29) is 31.1 Å². The van der Waals surface area contributed by atoms with Crippen molar-refractivity contribution >= 4 is 17.5 Å². The van der Waals surface area contributed by atoms with Gasteiger partial charge in [-0.05, 0) is 24.3 Å². The SMILES string of the molecule is N#CCCN(C(=O)CCC(=O)NCc1cnn(-c2ccccc2)c1)c1ccccc1. The third kappa shape index (κ3) is 5.79. The molecule has 3 rings (SSSR count). The van der Waals surface area contributed by atoms with Crippen LogP contribution in [0.3, 0.4) is 0 Å². The van der Waals surface area contributed by atoms with Gasteiger partial charge in [-0.2, -0.15) is 10.4 Å². The molecule has 1 N–H and O–H groups in total. The van der Waals surface area contributed by atoms with E-state index in [9.17, 15) is 9.59 Å². The smallest absolute Gasteiger partial charge is 0.227 e. The van der Waals surface area contributed by atoms with Crippen LogP contribution in [0.1, 0.15) is 24.8 Å². The van der Waals surface area contributed by atoms with E-state index in [0.717, 1.165) is 16.9 Å². The summed E-state index contributed by atoms with van der Waals surface area (Å²) in [6.45, 7) is 0.649. The van der Waals surface area contributed by atoms with Crippen molar-refractivity contribution in [2.24, 2.45) is 0 Å². The number of aromatic nitrogens is 2. The van der Waals surface area contributed by atoms with Gasteiger partial charge in [0.1, 0.15) is 0 Å². The lowest BCUT2D eigenvalue weighted by molar-refractivity contribution is -0.125. The summed E-state index contributed by atoms with van der Waals surface area (Å²) in [5, 5.41) is 16.0. The number of para-hydroxylation sites is 2. The van der Waals surface area contributed by atoms with Crippen LogP contribution in [0.15, 0.2) is 73.1 Å². The lowest BCUT2D eigenvalue weighted by Gasteiger charge is -2.21. The summed E-state index contributed by atoms with van der Waals surface area (Å²) < 4.78 is 1.75. The van der Waals surface area contributed by atoms with Crippen LogP contribution < -0.4 is 10.2 Å². The number of carbonyl (C=O) groups excluding carboxylic acids is 2. The summed E-state index contributed by atoms with van der Waals surface area (Å²) in [6, 6.07) is 20.9. The molecular formula is C23H23N5O2. The van der Waals surface area contributed by atoms with Crippen LogP contribution in [-0.4, -0.2) is 28.1 Å². The van der Waals surface area contributed by atoms with Crippen molar-refractivity contribution in [2.45, 2.75) is 25.8 Å². The van der Waals surface area contributed by atoms with E-state index in [2.05, 4.69) is 16.5 Å². The third-order valence-electron chi connectivity index (χ3n) is 4.53. The maximum atomic E-state index is 12.6. The average Bonchev–Trinajstić information content (AvgIpc) is 3.27. The first kappa shape index (κ1) is 20.8. The number of amides is 2. The zero-order valence-corrected chi connectivity index (χ0v) is 16.6. The van der Waals surface area contributed by atoms with E-state index >= 15 is 0 Å². The van der Waals surface area contributed by atoms with Gasteiger partial charge < -0.3 is 10.2 Å². The van der Waals surface area contributed by atoms with E-state index in [4.69, 9.17) is 5.26 Å². The molecule has 1 aromatic heterocycles. The number of hydrogen-bond acceptors (Lipinski definition) is 4. The fourth-order valence-corrected chi connectivity index (χ4v) is 2.99. The molecule has 7 nitrogen and oxygen atoms in total. The summed E-state index contributed by atoms with van der Waals surface area (Å²) in [4.78, 5) is 26.4. The Balaban J connectivity index is 1.49. The predicted molar refractivity (Wildman–Crippen MR) is 114 cm³/mol. The lowest BCUT2D eigenvalue weighted by atomic mass is 10.2. The van der Waals surface area contributed by atoms with Crippen molar-refractivity contribution in [3.8, 4) is 11.8 Å².